The summed E-state index contributed by atoms with van der Waals surface area (Å²) in [5.74, 6) is 0.184. The van der Waals surface area contributed by atoms with Crippen LogP contribution in [0.5, 0.6) is 0 Å². The number of hydrogen-bond acceptors (Lipinski definition) is 3. The summed E-state index contributed by atoms with van der Waals surface area (Å²) in [6, 6.07) is 0.106. The molecule has 0 aliphatic carbocycles. The molecule has 6 heteroatoms. The third-order valence-electron chi connectivity index (χ3n) is 3.38. The van der Waals surface area contributed by atoms with E-state index in [1.165, 1.54) is 0 Å². The molecule has 2 aliphatic rings. The third kappa shape index (κ3) is 3.07. The molecule has 1 unspecified atom stereocenters. The zero-order valence-electron chi connectivity index (χ0n) is 9.93. The Morgan fingerprint density at radius 2 is 1.94 bits per heavy atom. The van der Waals surface area contributed by atoms with Gasteiger partial charge in [-0.3, -0.25) is 0 Å². The van der Waals surface area contributed by atoms with Crippen molar-refractivity contribution in [1.29, 1.82) is 0 Å². The molecule has 2 fully saturated rings. The fourth-order valence-corrected chi connectivity index (χ4v) is 2.53. The molecule has 2 N–H and O–H groups in total. The molecular weight excluding hydrogens is 238 g/mol. The Labute approximate surface area is 107 Å². The van der Waals surface area contributed by atoms with E-state index in [1.807, 2.05) is 9.80 Å². The molecule has 0 aromatic heterocycles. The minimum absolute atomic E-state index is 0.106. The lowest BCUT2D eigenvalue weighted by atomic mass is 9.98. The van der Waals surface area contributed by atoms with Crippen LogP contribution in [0.25, 0.3) is 0 Å². The van der Waals surface area contributed by atoms with Gasteiger partial charge < -0.3 is 20.3 Å². The van der Waals surface area contributed by atoms with Crippen molar-refractivity contribution in [3.05, 3.63) is 0 Å². The number of morpholine rings is 1. The molecule has 2 amide bonds. The second-order valence-corrected chi connectivity index (χ2v) is 5.04. The van der Waals surface area contributed by atoms with Crippen LogP contribution in [-0.4, -0.2) is 60.2 Å². The van der Waals surface area contributed by atoms with Gasteiger partial charge >= 0.3 is 6.03 Å². The van der Waals surface area contributed by atoms with Crippen LogP contribution in [0.2, 0.25) is 0 Å². The minimum atomic E-state index is 0.106. The summed E-state index contributed by atoms with van der Waals surface area (Å²) in [5.41, 5.74) is 5.67. The van der Waals surface area contributed by atoms with Gasteiger partial charge in [-0.2, -0.15) is 0 Å². The largest absolute Gasteiger partial charge is 0.393 e. The molecule has 2 rings (SSSR count). The van der Waals surface area contributed by atoms with Crippen molar-refractivity contribution in [3.8, 4) is 0 Å². The monoisotopic (exact) mass is 257 g/mol. The molecule has 2 saturated heterocycles. The second-order valence-electron chi connectivity index (χ2n) is 4.57. The number of amides is 2. The van der Waals surface area contributed by atoms with Crippen LogP contribution < -0.4 is 5.73 Å². The fourth-order valence-electron chi connectivity index (χ4n) is 2.34. The van der Waals surface area contributed by atoms with Crippen LogP contribution in [0.3, 0.4) is 0 Å². The maximum Gasteiger partial charge on any atom is 0.320 e. The van der Waals surface area contributed by atoms with E-state index < -0.39 is 0 Å². The number of carbonyl (C=O) groups is 1. The maximum absolute atomic E-state index is 12.2. The number of thiocarbonyl (C=S) groups is 1. The fraction of sp³-hybridized carbons (Fsp3) is 0.818. The van der Waals surface area contributed by atoms with Crippen molar-refractivity contribution in [1.82, 2.24) is 9.80 Å². The Hall–Kier alpha value is -0.880. The Balaban J connectivity index is 1.91. The number of rotatable bonds is 1. The highest BCUT2D eigenvalue weighted by molar-refractivity contribution is 7.80. The average Bonchev–Trinajstić information content (AvgIpc) is 2.39. The van der Waals surface area contributed by atoms with E-state index in [-0.39, 0.29) is 11.9 Å². The van der Waals surface area contributed by atoms with Gasteiger partial charge in [0.05, 0.1) is 18.2 Å². The zero-order valence-corrected chi connectivity index (χ0v) is 10.7. The van der Waals surface area contributed by atoms with Crippen molar-refractivity contribution in [3.63, 3.8) is 0 Å². The van der Waals surface area contributed by atoms with Gasteiger partial charge in [0.1, 0.15) is 0 Å². The van der Waals surface area contributed by atoms with Crippen molar-refractivity contribution in [2.75, 3.05) is 39.4 Å². The first-order chi connectivity index (χ1) is 8.18. The molecule has 0 aromatic carbocycles. The predicted molar refractivity (Wildman–Crippen MR) is 68.9 cm³/mol. The molecule has 2 aliphatic heterocycles. The highest BCUT2D eigenvalue weighted by Gasteiger charge is 2.28. The summed E-state index contributed by atoms with van der Waals surface area (Å²) < 4.78 is 5.24. The number of nitrogens with two attached hydrogens (primary N) is 1. The third-order valence-corrected chi connectivity index (χ3v) is 3.71. The van der Waals surface area contributed by atoms with Gasteiger partial charge in [0.15, 0.2) is 0 Å². The number of carbonyl (C=O) groups excluding carboxylic acids is 1. The van der Waals surface area contributed by atoms with Gasteiger partial charge in [0.2, 0.25) is 0 Å². The van der Waals surface area contributed by atoms with Crippen molar-refractivity contribution in [2.45, 2.75) is 12.8 Å². The second kappa shape index (κ2) is 5.64. The first-order valence-electron chi connectivity index (χ1n) is 6.09. The molecule has 17 heavy (non-hydrogen) atoms. The van der Waals surface area contributed by atoms with Crippen LogP contribution in [0.1, 0.15) is 12.8 Å². The summed E-state index contributed by atoms with van der Waals surface area (Å²) in [4.78, 5) is 16.5. The number of piperidine rings is 1. The lowest BCUT2D eigenvalue weighted by Crippen LogP contribution is -2.52. The maximum atomic E-state index is 12.2. The molecule has 5 nitrogen and oxygen atoms in total. The molecule has 0 spiro atoms. The Morgan fingerprint density at radius 3 is 2.59 bits per heavy atom. The van der Waals surface area contributed by atoms with Gasteiger partial charge in [-0.15, -0.1) is 0 Å². The molecule has 0 saturated carbocycles. The quantitative estimate of drug-likeness (QED) is 0.692. The van der Waals surface area contributed by atoms with E-state index in [1.54, 1.807) is 0 Å². The smallest absolute Gasteiger partial charge is 0.320 e. The first-order valence-corrected chi connectivity index (χ1v) is 6.50. The minimum Gasteiger partial charge on any atom is -0.393 e. The van der Waals surface area contributed by atoms with E-state index in [4.69, 9.17) is 22.7 Å². The zero-order chi connectivity index (χ0) is 12.3. The summed E-state index contributed by atoms with van der Waals surface area (Å²) in [6.45, 7) is 4.14. The lowest BCUT2D eigenvalue weighted by molar-refractivity contribution is 0.0406. The number of hydrogen-bond donors (Lipinski definition) is 1. The standard InChI is InChI=1S/C11H19N3O2S/c12-10(17)9-2-1-3-14(8-9)11(15)13-4-6-16-7-5-13/h9H,1-8H2,(H2,12,17). The van der Waals surface area contributed by atoms with Crippen LogP contribution in [0.15, 0.2) is 0 Å². The number of likely N-dealkylation sites (tertiary alicyclic amines) is 1. The summed E-state index contributed by atoms with van der Waals surface area (Å²) in [5, 5.41) is 0. The van der Waals surface area contributed by atoms with Crippen LogP contribution in [0.4, 0.5) is 4.79 Å². The van der Waals surface area contributed by atoms with Crippen LogP contribution in [0, 0.1) is 5.92 Å². The Bertz CT molecular complexity index is 305. The lowest BCUT2D eigenvalue weighted by Gasteiger charge is -2.37. The normalized spacial score (nSPS) is 25.8. The molecule has 0 radical (unpaired) electrons. The average molecular weight is 257 g/mol. The molecule has 0 bridgehead atoms. The highest BCUT2D eigenvalue weighted by Crippen LogP contribution is 2.18. The molecular formula is C11H19N3O2S. The topological polar surface area (TPSA) is 58.8 Å². The van der Waals surface area contributed by atoms with Crippen molar-refractivity contribution < 1.29 is 9.53 Å². The number of nitrogens with zero attached hydrogens (tertiary/aromatic N) is 2. The van der Waals surface area contributed by atoms with E-state index in [0.29, 0.717) is 37.8 Å². The highest BCUT2D eigenvalue weighted by atomic mass is 32.1. The summed E-state index contributed by atoms with van der Waals surface area (Å²) in [6.07, 6.45) is 1.99. The molecule has 2 heterocycles. The summed E-state index contributed by atoms with van der Waals surface area (Å²) in [7, 11) is 0. The molecule has 1 atom stereocenters. The number of ether oxygens (including phenoxy) is 1. The van der Waals surface area contributed by atoms with Crippen molar-refractivity contribution >= 4 is 23.2 Å². The molecule has 96 valence electrons. The van der Waals surface area contributed by atoms with E-state index >= 15 is 0 Å². The first kappa shape index (κ1) is 12.6. The summed E-state index contributed by atoms with van der Waals surface area (Å²) >= 11 is 5.02. The Kier molecular flexibility index (Phi) is 4.17. The van der Waals surface area contributed by atoms with E-state index in [9.17, 15) is 4.79 Å². The Morgan fingerprint density at radius 1 is 1.24 bits per heavy atom. The van der Waals surface area contributed by atoms with Crippen molar-refractivity contribution in [2.24, 2.45) is 11.7 Å². The predicted octanol–water partition coefficient (Wildman–Crippen LogP) is 0.437. The van der Waals surface area contributed by atoms with Gasteiger partial charge in [-0.25, -0.2) is 4.79 Å². The number of urea groups is 1. The van der Waals surface area contributed by atoms with Crippen LogP contribution >= 0.6 is 12.2 Å². The van der Waals surface area contributed by atoms with E-state index in [0.717, 1.165) is 19.4 Å². The van der Waals surface area contributed by atoms with Crippen LogP contribution in [-0.2, 0) is 4.74 Å². The van der Waals surface area contributed by atoms with Gasteiger partial charge in [-0.1, -0.05) is 12.2 Å². The SMILES string of the molecule is NC(=S)C1CCCN(C(=O)N2CCOCC2)C1. The van der Waals surface area contributed by atoms with Gasteiger partial charge in [0, 0.05) is 32.1 Å². The van der Waals surface area contributed by atoms with E-state index in [2.05, 4.69) is 0 Å². The van der Waals surface area contributed by atoms with Gasteiger partial charge in [0.25, 0.3) is 0 Å². The molecule has 0 aromatic rings. The van der Waals surface area contributed by atoms with Gasteiger partial charge in [-0.05, 0) is 12.8 Å².